The molecule has 0 bridgehead atoms. The molecule has 0 aromatic heterocycles. The zero-order valence-electron chi connectivity index (χ0n) is 25.1. The van der Waals surface area contributed by atoms with Gasteiger partial charge in [0.05, 0.1) is 13.1 Å². The lowest BCUT2D eigenvalue weighted by Crippen LogP contribution is -2.57. The fourth-order valence-electron chi connectivity index (χ4n) is 6.10. The van der Waals surface area contributed by atoms with Crippen molar-refractivity contribution in [2.75, 3.05) is 18.0 Å². The van der Waals surface area contributed by atoms with Crippen LogP contribution in [0.15, 0.2) is 24.3 Å². The molecule has 41 heavy (non-hydrogen) atoms. The van der Waals surface area contributed by atoms with E-state index in [1.165, 1.54) is 16.2 Å². The van der Waals surface area contributed by atoms with Crippen molar-refractivity contribution >= 4 is 41.2 Å². The van der Waals surface area contributed by atoms with E-state index < -0.39 is 40.8 Å². The van der Waals surface area contributed by atoms with Gasteiger partial charge in [-0.15, -0.1) is 0 Å². The number of nitrogens with zero attached hydrogens (tertiary/aromatic N) is 2. The Morgan fingerprint density at radius 2 is 1.78 bits per heavy atom. The van der Waals surface area contributed by atoms with Crippen molar-refractivity contribution in [2.45, 2.75) is 110 Å². The number of carbonyl (C=O) groups excluding carboxylic acids is 4. The molecule has 0 radical (unpaired) electrons. The highest BCUT2D eigenvalue weighted by molar-refractivity contribution is 6.30. The summed E-state index contributed by atoms with van der Waals surface area (Å²) in [5.74, 6) is -0.799. The zero-order valence-corrected chi connectivity index (χ0v) is 25.9. The number of esters is 1. The average Bonchev–Trinajstić information content (AvgIpc) is 3.40. The number of likely N-dealkylation sites (tertiary alicyclic amines) is 1. The van der Waals surface area contributed by atoms with E-state index in [-0.39, 0.29) is 31.3 Å². The van der Waals surface area contributed by atoms with Crippen LogP contribution in [0.5, 0.6) is 0 Å². The molecule has 9 nitrogen and oxygen atoms in total. The first-order valence-corrected chi connectivity index (χ1v) is 15.0. The van der Waals surface area contributed by atoms with Gasteiger partial charge in [0.15, 0.2) is 5.60 Å². The van der Waals surface area contributed by atoms with E-state index >= 15 is 0 Å². The van der Waals surface area contributed by atoms with Gasteiger partial charge >= 0.3 is 12.1 Å². The van der Waals surface area contributed by atoms with Crippen LogP contribution in [0, 0.1) is 11.3 Å². The summed E-state index contributed by atoms with van der Waals surface area (Å²) in [5, 5.41) is 3.48. The molecule has 3 fully saturated rings. The number of hydrogen-bond acceptors (Lipinski definition) is 6. The number of ether oxygens (including phenoxy) is 2. The van der Waals surface area contributed by atoms with Crippen molar-refractivity contribution in [3.05, 3.63) is 29.3 Å². The summed E-state index contributed by atoms with van der Waals surface area (Å²) in [7, 11) is 0. The van der Waals surface area contributed by atoms with Gasteiger partial charge in [-0.1, -0.05) is 57.7 Å². The maximum absolute atomic E-state index is 14.2. The molecule has 3 aliphatic rings. The summed E-state index contributed by atoms with van der Waals surface area (Å²) in [6, 6.07) is 5.03. The Morgan fingerprint density at radius 3 is 2.39 bits per heavy atom. The molecule has 1 aliphatic carbocycles. The van der Waals surface area contributed by atoms with Crippen LogP contribution in [0.3, 0.4) is 0 Å². The molecule has 1 spiro atoms. The molecule has 226 valence electrons. The van der Waals surface area contributed by atoms with Crippen molar-refractivity contribution in [3.63, 3.8) is 0 Å². The third-order valence-corrected chi connectivity index (χ3v) is 8.30. The van der Waals surface area contributed by atoms with Gasteiger partial charge in [0.2, 0.25) is 11.8 Å². The third kappa shape index (κ3) is 7.53. The van der Waals surface area contributed by atoms with Crippen molar-refractivity contribution in [1.29, 1.82) is 0 Å². The largest absolute Gasteiger partial charge is 0.458 e. The summed E-state index contributed by atoms with van der Waals surface area (Å²) < 4.78 is 11.6. The second-order valence-corrected chi connectivity index (χ2v) is 14.3. The minimum atomic E-state index is -1.12. The molecule has 1 N–H and O–H groups in total. The Kier molecular flexibility index (Phi) is 8.98. The molecule has 4 rings (SSSR count). The fourth-order valence-corrected chi connectivity index (χ4v) is 6.29. The Hall–Kier alpha value is -2.81. The number of amides is 3. The average molecular weight is 590 g/mol. The second kappa shape index (κ2) is 11.8. The second-order valence-electron chi connectivity index (χ2n) is 13.9. The van der Waals surface area contributed by atoms with E-state index in [0.29, 0.717) is 23.0 Å². The topological polar surface area (TPSA) is 105 Å². The Morgan fingerprint density at radius 1 is 1.10 bits per heavy atom. The summed E-state index contributed by atoms with van der Waals surface area (Å²) in [6.07, 6.45) is 5.38. The van der Waals surface area contributed by atoms with Crippen molar-refractivity contribution in [3.8, 4) is 0 Å². The minimum Gasteiger partial charge on any atom is -0.458 e. The Labute approximate surface area is 248 Å². The smallest absolute Gasteiger partial charge is 0.415 e. The molecule has 3 amide bonds. The fraction of sp³-hybridized carbons (Fsp3) is 0.677. The lowest BCUT2D eigenvalue weighted by molar-refractivity contribution is -0.164. The molecule has 1 aromatic rings. The van der Waals surface area contributed by atoms with Crippen molar-refractivity contribution < 1.29 is 28.7 Å². The minimum absolute atomic E-state index is 0.00360. The van der Waals surface area contributed by atoms with E-state index in [1.54, 1.807) is 45.0 Å². The third-order valence-electron chi connectivity index (χ3n) is 8.07. The van der Waals surface area contributed by atoms with Crippen LogP contribution in [-0.4, -0.2) is 65.2 Å². The Bertz CT molecular complexity index is 1170. The maximum Gasteiger partial charge on any atom is 0.415 e. The van der Waals surface area contributed by atoms with Gasteiger partial charge < -0.3 is 19.7 Å². The van der Waals surface area contributed by atoms with E-state index in [2.05, 4.69) is 5.32 Å². The van der Waals surface area contributed by atoms with Crippen LogP contribution in [0.2, 0.25) is 5.02 Å². The highest BCUT2D eigenvalue weighted by Gasteiger charge is 2.58. The molecule has 1 saturated carbocycles. The Balaban J connectivity index is 1.59. The van der Waals surface area contributed by atoms with Gasteiger partial charge in [-0.3, -0.25) is 14.5 Å². The summed E-state index contributed by atoms with van der Waals surface area (Å²) in [4.78, 5) is 56.8. The molecule has 0 unspecified atom stereocenters. The standard InChI is InChI=1S/C31H44ClN3O6/c1-29(2,3)25(33-24(36)15-20-11-8-7-9-12-20)26(37)35-19-31(17-23(35)27(38)40-30(4,5)6)18-34(28(39)41-31)22-14-10-13-21(32)16-22/h10,13-14,16,20,23,25H,7-9,11-12,15,17-19H2,1-6H3,(H,33,36)/t23-,25+,31-/m0/s1. The first kappa shape index (κ1) is 31.1. The van der Waals surface area contributed by atoms with E-state index in [4.69, 9.17) is 21.1 Å². The molecule has 10 heteroatoms. The molecule has 2 heterocycles. The van der Waals surface area contributed by atoms with Crippen molar-refractivity contribution in [2.24, 2.45) is 11.3 Å². The molecule has 1 aromatic carbocycles. The molecule has 2 aliphatic heterocycles. The predicted molar refractivity (Wildman–Crippen MR) is 157 cm³/mol. The highest BCUT2D eigenvalue weighted by atomic mass is 35.5. The number of anilines is 1. The van der Waals surface area contributed by atoms with Crippen LogP contribution < -0.4 is 10.2 Å². The number of hydrogen-bond donors (Lipinski definition) is 1. The number of benzene rings is 1. The van der Waals surface area contributed by atoms with Gasteiger partial charge in [0.25, 0.3) is 0 Å². The maximum atomic E-state index is 14.2. The van der Waals surface area contributed by atoms with Crippen LogP contribution >= 0.6 is 11.6 Å². The van der Waals surface area contributed by atoms with Gasteiger partial charge in [-0.25, -0.2) is 9.59 Å². The highest BCUT2D eigenvalue weighted by Crippen LogP contribution is 2.40. The summed E-state index contributed by atoms with van der Waals surface area (Å²) in [6.45, 7) is 11.1. The number of nitrogens with one attached hydrogen (secondary N) is 1. The summed E-state index contributed by atoms with van der Waals surface area (Å²) in [5.41, 5.74) is -1.96. The van der Waals surface area contributed by atoms with Crippen LogP contribution in [0.4, 0.5) is 10.5 Å². The number of carbonyl (C=O) groups is 4. The van der Waals surface area contributed by atoms with E-state index in [1.807, 2.05) is 20.8 Å². The predicted octanol–water partition coefficient (Wildman–Crippen LogP) is 5.48. The lowest BCUT2D eigenvalue weighted by atomic mass is 9.84. The first-order valence-electron chi connectivity index (χ1n) is 14.7. The molecular formula is C31H44ClN3O6. The van der Waals surface area contributed by atoms with Crippen LogP contribution in [0.1, 0.15) is 86.5 Å². The zero-order chi connectivity index (χ0) is 30.2. The van der Waals surface area contributed by atoms with Gasteiger partial charge in [-0.05, 0) is 63.1 Å². The molecule has 2 saturated heterocycles. The van der Waals surface area contributed by atoms with Crippen LogP contribution in [-0.2, 0) is 23.9 Å². The number of rotatable bonds is 6. The van der Waals surface area contributed by atoms with Gasteiger partial charge in [0.1, 0.15) is 17.7 Å². The quantitative estimate of drug-likeness (QED) is 0.441. The SMILES string of the molecule is CC(C)(C)OC(=O)[C@@H]1C[C@]2(CN(c3cccc(Cl)c3)C(=O)O2)CN1C(=O)[C@@H](NC(=O)CC1CCCCC1)C(C)(C)C. The van der Waals surface area contributed by atoms with Gasteiger partial charge in [0, 0.05) is 23.6 Å². The van der Waals surface area contributed by atoms with Crippen molar-refractivity contribution in [1.82, 2.24) is 10.2 Å². The monoisotopic (exact) mass is 589 g/mol. The van der Waals surface area contributed by atoms with E-state index in [0.717, 1.165) is 25.7 Å². The first-order chi connectivity index (χ1) is 19.1. The molecular weight excluding hydrogens is 546 g/mol. The number of halogens is 1. The normalized spacial score (nSPS) is 24.4. The van der Waals surface area contributed by atoms with E-state index in [9.17, 15) is 19.2 Å². The summed E-state index contributed by atoms with van der Waals surface area (Å²) >= 11 is 6.17. The van der Waals surface area contributed by atoms with Gasteiger partial charge in [-0.2, -0.15) is 0 Å². The molecule has 3 atom stereocenters. The van der Waals surface area contributed by atoms with Crippen LogP contribution in [0.25, 0.3) is 0 Å². The lowest BCUT2D eigenvalue weighted by Gasteiger charge is -2.36.